The Morgan fingerprint density at radius 3 is 2.70 bits per heavy atom. The summed E-state index contributed by atoms with van der Waals surface area (Å²) in [7, 11) is 0. The van der Waals surface area contributed by atoms with Gasteiger partial charge in [0, 0.05) is 17.1 Å². The molecule has 2 N–H and O–H groups in total. The number of nitrogens with zero attached hydrogens (tertiary/aromatic N) is 1. The number of hydrogen-bond donors (Lipinski definition) is 2. The van der Waals surface area contributed by atoms with Gasteiger partial charge in [0.1, 0.15) is 31.2 Å². The number of carbonyl (C=O) groups is 4. The summed E-state index contributed by atoms with van der Waals surface area (Å²) in [6, 6.07) is 1.22. The number of carboxylic acid groups (broad SMARTS) is 1. The van der Waals surface area contributed by atoms with Crippen LogP contribution in [0.5, 0.6) is 0 Å². The minimum Gasteiger partial charge on any atom is -0.481 e. The topological polar surface area (TPSA) is 113 Å². The van der Waals surface area contributed by atoms with Crippen LogP contribution < -0.4 is 5.32 Å². The number of piperidine rings is 1. The van der Waals surface area contributed by atoms with Gasteiger partial charge in [-0.05, 0) is 37.5 Å². The first-order valence-corrected chi connectivity index (χ1v) is 9.59. The van der Waals surface area contributed by atoms with E-state index in [9.17, 15) is 28.0 Å². The van der Waals surface area contributed by atoms with E-state index in [1.165, 1.54) is 12.1 Å². The minimum atomic E-state index is -1.54. The molecular weight excluding hydrogens is 426 g/mol. The Hall–Kier alpha value is -2.75. The van der Waals surface area contributed by atoms with E-state index in [1.54, 1.807) is 0 Å². The fourth-order valence-corrected chi connectivity index (χ4v) is 3.27. The van der Waals surface area contributed by atoms with Crippen molar-refractivity contribution in [2.75, 3.05) is 13.2 Å². The predicted octanol–water partition coefficient (Wildman–Crippen LogP) is 2.47. The summed E-state index contributed by atoms with van der Waals surface area (Å²) in [5.41, 5.74) is 0.0592. The van der Waals surface area contributed by atoms with E-state index in [0.29, 0.717) is 12.8 Å². The van der Waals surface area contributed by atoms with Gasteiger partial charge in [0.15, 0.2) is 5.78 Å². The third kappa shape index (κ3) is 6.38. The molecule has 1 saturated heterocycles. The summed E-state index contributed by atoms with van der Waals surface area (Å²) >= 11 is 5.80. The zero-order valence-electron chi connectivity index (χ0n) is 15.9. The zero-order valence-corrected chi connectivity index (χ0v) is 16.7. The van der Waals surface area contributed by atoms with Gasteiger partial charge in [0.25, 0.3) is 0 Å². The fourth-order valence-electron chi connectivity index (χ4n) is 3.08. The molecule has 1 aliphatic rings. The second-order valence-electron chi connectivity index (χ2n) is 6.75. The number of halogens is 3. The van der Waals surface area contributed by atoms with E-state index in [4.69, 9.17) is 21.4 Å². The van der Waals surface area contributed by atoms with Gasteiger partial charge in [0.05, 0.1) is 6.42 Å². The molecule has 1 aliphatic heterocycles. The Balaban J connectivity index is 2.05. The molecule has 2 rings (SSSR count). The highest BCUT2D eigenvalue weighted by Gasteiger charge is 2.35. The molecule has 0 radical (unpaired) electrons. The Morgan fingerprint density at radius 2 is 2.03 bits per heavy atom. The highest BCUT2D eigenvalue weighted by atomic mass is 35.5. The number of Topliss-reactive ketones (excluding diaryl/α,β-unsaturated/α-hetero) is 1. The highest BCUT2D eigenvalue weighted by molar-refractivity contribution is 6.30. The van der Waals surface area contributed by atoms with Crippen molar-refractivity contribution in [2.45, 2.75) is 44.4 Å². The van der Waals surface area contributed by atoms with Crippen LogP contribution in [0.1, 0.15) is 31.2 Å². The molecule has 11 heteroatoms. The number of benzene rings is 1. The monoisotopic (exact) mass is 446 g/mol. The molecule has 30 heavy (non-hydrogen) atoms. The number of likely N-dealkylation sites (tertiary alicyclic amines) is 1. The second kappa shape index (κ2) is 10.9. The standard InChI is InChI=1S/C19H21ClF2N2O6/c20-12-4-5-13(22)11(7-12)10-30-19(29)24-6-2-1-3-15(24)18(28)23-14(8-17(26)27)16(25)9-21/h4-5,7,14-15H,1-3,6,8-10H2,(H,23,28)(H,26,27). The van der Waals surface area contributed by atoms with Crippen LogP contribution in [-0.4, -0.2) is 59.1 Å². The van der Waals surface area contributed by atoms with Crippen LogP contribution in [-0.2, 0) is 25.7 Å². The molecule has 8 nitrogen and oxygen atoms in total. The van der Waals surface area contributed by atoms with Gasteiger partial charge >= 0.3 is 12.1 Å². The maximum absolute atomic E-state index is 13.8. The predicted molar refractivity (Wildman–Crippen MR) is 101 cm³/mol. The third-order valence-corrected chi connectivity index (χ3v) is 4.85. The Bertz CT molecular complexity index is 822. The van der Waals surface area contributed by atoms with E-state index in [0.717, 1.165) is 11.0 Å². The molecule has 0 spiro atoms. The number of nitrogens with one attached hydrogen (secondary N) is 1. The number of carboxylic acids is 1. The Labute approximate surface area is 176 Å². The molecule has 0 aromatic heterocycles. The normalized spacial score (nSPS) is 17.2. The number of alkyl halides is 1. The number of rotatable bonds is 8. The lowest BCUT2D eigenvalue weighted by molar-refractivity contribution is -0.140. The van der Waals surface area contributed by atoms with Gasteiger partial charge < -0.3 is 15.2 Å². The number of hydrogen-bond acceptors (Lipinski definition) is 5. The first-order chi connectivity index (χ1) is 14.2. The molecule has 1 fully saturated rings. The van der Waals surface area contributed by atoms with Gasteiger partial charge in [-0.2, -0.15) is 0 Å². The maximum atomic E-state index is 13.8. The highest BCUT2D eigenvalue weighted by Crippen LogP contribution is 2.20. The minimum absolute atomic E-state index is 0.0592. The van der Waals surface area contributed by atoms with E-state index in [2.05, 4.69) is 5.32 Å². The van der Waals surface area contributed by atoms with Gasteiger partial charge in [-0.15, -0.1) is 0 Å². The van der Waals surface area contributed by atoms with Crippen LogP contribution in [0.15, 0.2) is 18.2 Å². The molecule has 1 aromatic carbocycles. The molecule has 0 aliphatic carbocycles. The van der Waals surface area contributed by atoms with E-state index in [-0.39, 0.29) is 23.6 Å². The van der Waals surface area contributed by atoms with Crippen molar-refractivity contribution in [3.8, 4) is 0 Å². The number of aliphatic carboxylic acids is 1. The lowest BCUT2D eigenvalue weighted by Gasteiger charge is -2.34. The number of ketones is 1. The summed E-state index contributed by atoms with van der Waals surface area (Å²) < 4.78 is 31.6. The molecule has 2 amide bonds. The maximum Gasteiger partial charge on any atom is 0.410 e. The molecule has 0 saturated carbocycles. The van der Waals surface area contributed by atoms with Crippen molar-refractivity contribution in [1.29, 1.82) is 0 Å². The average molecular weight is 447 g/mol. The summed E-state index contributed by atoms with van der Waals surface area (Å²) in [4.78, 5) is 48.7. The van der Waals surface area contributed by atoms with Crippen molar-refractivity contribution in [2.24, 2.45) is 0 Å². The number of carbonyl (C=O) groups excluding carboxylic acids is 3. The fraction of sp³-hybridized carbons (Fsp3) is 0.474. The number of amides is 2. The van der Waals surface area contributed by atoms with Crippen molar-refractivity contribution in [3.05, 3.63) is 34.6 Å². The SMILES string of the molecule is O=C(O)CC(NC(=O)C1CCCCN1C(=O)OCc1cc(Cl)ccc1F)C(=O)CF. The molecular formula is C19H21ClF2N2O6. The molecule has 1 heterocycles. The first-order valence-electron chi connectivity index (χ1n) is 9.21. The first kappa shape index (κ1) is 23.5. The molecule has 1 aromatic rings. The zero-order chi connectivity index (χ0) is 22.3. The van der Waals surface area contributed by atoms with Gasteiger partial charge in [-0.25, -0.2) is 13.6 Å². The van der Waals surface area contributed by atoms with Crippen molar-refractivity contribution in [1.82, 2.24) is 10.2 Å². The Morgan fingerprint density at radius 1 is 1.30 bits per heavy atom. The molecule has 2 atom stereocenters. The van der Waals surface area contributed by atoms with Crippen LogP contribution in [0.4, 0.5) is 13.6 Å². The quantitative estimate of drug-likeness (QED) is 0.634. The van der Waals surface area contributed by atoms with Crippen LogP contribution in [0.3, 0.4) is 0 Å². The largest absolute Gasteiger partial charge is 0.481 e. The van der Waals surface area contributed by atoms with Gasteiger partial charge in [-0.1, -0.05) is 11.6 Å². The van der Waals surface area contributed by atoms with Gasteiger partial charge in [-0.3, -0.25) is 19.3 Å². The lowest BCUT2D eigenvalue weighted by Crippen LogP contribution is -2.55. The van der Waals surface area contributed by atoms with Crippen LogP contribution in [0.2, 0.25) is 5.02 Å². The molecule has 0 bridgehead atoms. The molecule has 164 valence electrons. The lowest BCUT2D eigenvalue weighted by atomic mass is 10.0. The smallest absolute Gasteiger partial charge is 0.410 e. The summed E-state index contributed by atoms with van der Waals surface area (Å²) in [5.74, 6) is -3.85. The van der Waals surface area contributed by atoms with E-state index < -0.39 is 61.4 Å². The van der Waals surface area contributed by atoms with E-state index in [1.807, 2.05) is 0 Å². The summed E-state index contributed by atoms with van der Waals surface area (Å²) in [5, 5.41) is 11.3. The van der Waals surface area contributed by atoms with Crippen molar-refractivity contribution in [3.63, 3.8) is 0 Å². The van der Waals surface area contributed by atoms with Crippen LogP contribution >= 0.6 is 11.6 Å². The van der Waals surface area contributed by atoms with E-state index >= 15 is 0 Å². The third-order valence-electron chi connectivity index (χ3n) is 4.61. The van der Waals surface area contributed by atoms with Crippen molar-refractivity contribution < 1.29 is 37.8 Å². The van der Waals surface area contributed by atoms with Gasteiger partial charge in [0.2, 0.25) is 5.91 Å². The Kier molecular flexibility index (Phi) is 8.52. The van der Waals surface area contributed by atoms with Crippen LogP contribution in [0, 0.1) is 5.82 Å². The van der Waals surface area contributed by atoms with Crippen molar-refractivity contribution >= 4 is 35.4 Å². The molecule has 2 unspecified atom stereocenters. The summed E-state index contributed by atoms with van der Waals surface area (Å²) in [6.45, 7) is -1.66. The average Bonchev–Trinajstić information content (AvgIpc) is 2.72. The summed E-state index contributed by atoms with van der Waals surface area (Å²) in [6.07, 6.45) is -0.214. The number of ether oxygens (including phenoxy) is 1. The van der Waals surface area contributed by atoms with Crippen LogP contribution in [0.25, 0.3) is 0 Å². The second-order valence-corrected chi connectivity index (χ2v) is 7.19.